The first-order valence-electron chi connectivity index (χ1n) is 8.92. The topological polar surface area (TPSA) is 22.1 Å². The van der Waals surface area contributed by atoms with Gasteiger partial charge in [0.2, 0.25) is 0 Å². The van der Waals surface area contributed by atoms with Gasteiger partial charge in [0, 0.05) is 17.2 Å². The molecule has 0 amide bonds. The van der Waals surface area contributed by atoms with Crippen LogP contribution in [0.3, 0.4) is 0 Å². The van der Waals surface area contributed by atoms with Crippen LogP contribution in [-0.2, 0) is 0 Å². The van der Waals surface area contributed by atoms with Crippen molar-refractivity contribution >= 4 is 17.2 Å². The number of allylic oxidation sites excluding steroid dienone is 3. The Kier molecular flexibility index (Phi) is 5.96. The van der Waals surface area contributed by atoms with E-state index in [0.717, 1.165) is 28.0 Å². The monoisotopic (exact) mass is 393 g/mol. The summed E-state index contributed by atoms with van der Waals surface area (Å²) in [4.78, 5) is 4.54. The average Bonchev–Trinajstić information content (AvgIpc) is 2.68. The van der Waals surface area contributed by atoms with Crippen LogP contribution in [0.2, 0.25) is 5.02 Å². The molecule has 0 radical (unpaired) electrons. The number of halogens is 2. The van der Waals surface area contributed by atoms with Gasteiger partial charge in [-0.15, -0.1) is 0 Å². The van der Waals surface area contributed by atoms with Crippen LogP contribution in [0.1, 0.15) is 23.6 Å². The molecule has 3 aromatic rings. The van der Waals surface area contributed by atoms with E-state index in [2.05, 4.69) is 17.6 Å². The zero-order chi connectivity index (χ0) is 20.3. The van der Waals surface area contributed by atoms with E-state index in [1.807, 2.05) is 44.2 Å². The maximum atomic E-state index is 14.0. The summed E-state index contributed by atoms with van der Waals surface area (Å²) >= 11 is 6.25. The smallest absolute Gasteiger partial charge is 0.153 e. The van der Waals surface area contributed by atoms with E-state index < -0.39 is 0 Å². The summed E-state index contributed by atoms with van der Waals surface area (Å²) in [5.41, 5.74) is 5.13. The minimum absolute atomic E-state index is 0.246. The Bertz CT molecular complexity index is 1070. The number of hydrogen-bond donors (Lipinski definition) is 0. The molecule has 0 aliphatic rings. The highest BCUT2D eigenvalue weighted by molar-refractivity contribution is 6.32. The van der Waals surface area contributed by atoms with Crippen LogP contribution >= 0.6 is 11.6 Å². The molecule has 0 N–H and O–H groups in total. The van der Waals surface area contributed by atoms with Gasteiger partial charge >= 0.3 is 0 Å². The fraction of sp³-hybridized carbons (Fsp3) is 0.125. The van der Waals surface area contributed by atoms with Gasteiger partial charge in [-0.05, 0) is 50.1 Å². The van der Waals surface area contributed by atoms with E-state index in [0.29, 0.717) is 16.3 Å². The molecule has 1 heterocycles. The van der Waals surface area contributed by atoms with Gasteiger partial charge in [-0.2, -0.15) is 0 Å². The van der Waals surface area contributed by atoms with Gasteiger partial charge in [0.25, 0.3) is 0 Å². The number of nitrogens with zero attached hydrogens (tertiary/aromatic N) is 1. The third-order valence-electron chi connectivity index (χ3n) is 4.46. The first-order chi connectivity index (χ1) is 13.4. The van der Waals surface area contributed by atoms with Crippen molar-refractivity contribution in [3.8, 4) is 22.8 Å². The van der Waals surface area contributed by atoms with Crippen molar-refractivity contribution < 1.29 is 9.13 Å². The number of pyridine rings is 1. The Morgan fingerprint density at radius 2 is 1.93 bits per heavy atom. The van der Waals surface area contributed by atoms with E-state index in [1.54, 1.807) is 25.3 Å². The predicted molar refractivity (Wildman–Crippen MR) is 114 cm³/mol. The van der Waals surface area contributed by atoms with Crippen LogP contribution in [0.4, 0.5) is 4.39 Å². The normalized spacial score (nSPS) is 11.4. The van der Waals surface area contributed by atoms with E-state index in [4.69, 9.17) is 16.3 Å². The summed E-state index contributed by atoms with van der Waals surface area (Å²) in [7, 11) is 0. The predicted octanol–water partition coefficient (Wildman–Crippen LogP) is 7.54. The van der Waals surface area contributed by atoms with Gasteiger partial charge in [0.15, 0.2) is 5.75 Å². The molecule has 2 aromatic carbocycles. The van der Waals surface area contributed by atoms with Crippen LogP contribution in [0.25, 0.3) is 16.8 Å². The summed E-state index contributed by atoms with van der Waals surface area (Å²) in [6, 6.07) is 12.9. The molecule has 1 aromatic heterocycles. The van der Waals surface area contributed by atoms with Gasteiger partial charge in [-0.1, -0.05) is 54.1 Å². The van der Waals surface area contributed by atoms with Crippen LogP contribution in [0, 0.1) is 19.7 Å². The zero-order valence-corrected chi connectivity index (χ0v) is 16.8. The first kappa shape index (κ1) is 19.8. The van der Waals surface area contributed by atoms with E-state index >= 15 is 0 Å². The summed E-state index contributed by atoms with van der Waals surface area (Å²) in [5, 5.41) is 0.341. The molecule has 0 aliphatic heterocycles. The molecular weight excluding hydrogens is 373 g/mol. The third-order valence-corrected chi connectivity index (χ3v) is 4.75. The lowest BCUT2D eigenvalue weighted by atomic mass is 10.0. The lowest BCUT2D eigenvalue weighted by Gasteiger charge is -2.15. The molecule has 0 aliphatic carbocycles. The molecule has 3 rings (SSSR count). The maximum absolute atomic E-state index is 14.0. The number of rotatable bonds is 5. The second kappa shape index (κ2) is 8.41. The Morgan fingerprint density at radius 3 is 2.61 bits per heavy atom. The summed E-state index contributed by atoms with van der Waals surface area (Å²) < 4.78 is 19.9. The standard InChI is InChI=1S/C24H21ClFNO/c1-5-17(6-2)19-12-22(18-9-7-8-15(3)10-18)27-14-24(19)28-23-13-21(26)16(4)11-20(23)25/h5-14H,1H2,2-4H3/b17-6+. The third kappa shape index (κ3) is 4.15. The average molecular weight is 394 g/mol. The van der Waals surface area contributed by atoms with Crippen LogP contribution in [0.15, 0.2) is 67.4 Å². The molecule has 28 heavy (non-hydrogen) atoms. The minimum Gasteiger partial charge on any atom is -0.453 e. The highest BCUT2D eigenvalue weighted by atomic mass is 35.5. The van der Waals surface area contributed by atoms with Crippen molar-refractivity contribution in [1.29, 1.82) is 0 Å². The molecule has 0 unspecified atom stereocenters. The highest BCUT2D eigenvalue weighted by Crippen LogP contribution is 2.37. The molecule has 0 saturated carbocycles. The van der Waals surface area contributed by atoms with E-state index in [-0.39, 0.29) is 11.6 Å². The SMILES string of the molecule is C=C/C(=C\C)c1cc(-c2cccc(C)c2)ncc1Oc1cc(F)c(C)cc1Cl. The summed E-state index contributed by atoms with van der Waals surface area (Å²) in [6.07, 6.45) is 5.32. The number of benzene rings is 2. The van der Waals surface area contributed by atoms with Crippen LogP contribution in [0.5, 0.6) is 11.5 Å². The molecular formula is C24H21ClFNO. The molecule has 0 bridgehead atoms. The zero-order valence-electron chi connectivity index (χ0n) is 16.1. The van der Waals surface area contributed by atoms with Crippen LogP contribution in [-0.4, -0.2) is 4.98 Å². The van der Waals surface area contributed by atoms with E-state index in [1.165, 1.54) is 6.07 Å². The van der Waals surface area contributed by atoms with Gasteiger partial charge < -0.3 is 4.74 Å². The van der Waals surface area contributed by atoms with Crippen molar-refractivity contribution in [3.63, 3.8) is 0 Å². The van der Waals surface area contributed by atoms with Gasteiger partial charge in [0.1, 0.15) is 11.6 Å². The molecule has 0 spiro atoms. The lowest BCUT2D eigenvalue weighted by Crippen LogP contribution is -1.96. The Hall–Kier alpha value is -2.91. The summed E-state index contributed by atoms with van der Waals surface area (Å²) in [5.74, 6) is 0.352. The second-order valence-electron chi connectivity index (χ2n) is 6.52. The van der Waals surface area contributed by atoms with Crippen molar-refractivity contribution in [2.75, 3.05) is 0 Å². The Balaban J connectivity index is 2.11. The minimum atomic E-state index is -0.375. The lowest BCUT2D eigenvalue weighted by molar-refractivity contribution is 0.473. The Morgan fingerprint density at radius 1 is 1.14 bits per heavy atom. The fourth-order valence-electron chi connectivity index (χ4n) is 2.92. The van der Waals surface area contributed by atoms with Crippen molar-refractivity contribution in [2.24, 2.45) is 0 Å². The fourth-order valence-corrected chi connectivity index (χ4v) is 3.18. The number of hydrogen-bond acceptors (Lipinski definition) is 2. The molecule has 0 atom stereocenters. The molecule has 4 heteroatoms. The molecule has 2 nitrogen and oxygen atoms in total. The summed E-state index contributed by atoms with van der Waals surface area (Å²) in [6.45, 7) is 9.50. The first-order valence-corrected chi connectivity index (χ1v) is 9.30. The molecule has 142 valence electrons. The number of aryl methyl sites for hydroxylation is 2. The second-order valence-corrected chi connectivity index (χ2v) is 6.92. The van der Waals surface area contributed by atoms with Crippen molar-refractivity contribution in [2.45, 2.75) is 20.8 Å². The maximum Gasteiger partial charge on any atom is 0.153 e. The number of ether oxygens (including phenoxy) is 1. The van der Waals surface area contributed by atoms with Gasteiger partial charge in [0.05, 0.1) is 16.9 Å². The molecule has 0 fully saturated rings. The Labute approximate surface area is 170 Å². The quantitative estimate of drug-likeness (QED) is 0.417. The number of aromatic nitrogens is 1. The van der Waals surface area contributed by atoms with Crippen molar-refractivity contribution in [3.05, 3.63) is 94.9 Å². The van der Waals surface area contributed by atoms with Crippen molar-refractivity contribution in [1.82, 2.24) is 4.98 Å². The largest absolute Gasteiger partial charge is 0.453 e. The van der Waals surface area contributed by atoms with Gasteiger partial charge in [-0.3, -0.25) is 4.98 Å². The molecule has 0 saturated heterocycles. The van der Waals surface area contributed by atoms with Crippen LogP contribution < -0.4 is 4.74 Å². The van der Waals surface area contributed by atoms with E-state index in [9.17, 15) is 4.39 Å². The highest BCUT2D eigenvalue weighted by Gasteiger charge is 2.14. The van der Waals surface area contributed by atoms with Gasteiger partial charge in [-0.25, -0.2) is 4.39 Å².